The number of pyridine rings is 1. The number of alkyl carbamates (subject to hydrolysis) is 1. The summed E-state index contributed by atoms with van der Waals surface area (Å²) in [7, 11) is 0. The van der Waals surface area contributed by atoms with E-state index in [2.05, 4.69) is 15.6 Å². The molecule has 0 saturated carbocycles. The molecular formula is C26H26ClN3O5. The molecule has 0 aliphatic carbocycles. The number of nitrogens with one attached hydrogen (secondary N) is 2. The maximum absolute atomic E-state index is 12.9. The number of anilines is 1. The van der Waals surface area contributed by atoms with Gasteiger partial charge in [0.15, 0.2) is 0 Å². The Hall–Kier alpha value is -3.91. The molecule has 0 bridgehead atoms. The zero-order chi connectivity index (χ0) is 25.6. The first-order valence-corrected chi connectivity index (χ1v) is 11.2. The Labute approximate surface area is 208 Å². The average molecular weight is 496 g/mol. The number of nitrogens with zero attached hydrogens (tertiary/aromatic N) is 1. The quantitative estimate of drug-likeness (QED) is 0.409. The molecule has 182 valence electrons. The second kappa shape index (κ2) is 11.0. The van der Waals surface area contributed by atoms with E-state index in [9.17, 15) is 14.4 Å². The van der Waals surface area contributed by atoms with Crippen LogP contribution in [0.15, 0.2) is 60.7 Å². The molecule has 2 aromatic carbocycles. The van der Waals surface area contributed by atoms with E-state index >= 15 is 0 Å². The van der Waals surface area contributed by atoms with E-state index in [4.69, 9.17) is 21.4 Å². The van der Waals surface area contributed by atoms with Crippen LogP contribution in [-0.2, 0) is 22.5 Å². The number of hydrogen-bond acceptors (Lipinski definition) is 5. The highest BCUT2D eigenvalue weighted by molar-refractivity contribution is 6.31. The molecule has 0 atom stereocenters. The van der Waals surface area contributed by atoms with Gasteiger partial charge in [0.25, 0.3) is 5.91 Å². The summed E-state index contributed by atoms with van der Waals surface area (Å²) in [5.41, 5.74) is 2.33. The van der Waals surface area contributed by atoms with Crippen LogP contribution in [0.3, 0.4) is 0 Å². The Morgan fingerprint density at radius 3 is 2.49 bits per heavy atom. The summed E-state index contributed by atoms with van der Waals surface area (Å²) in [4.78, 5) is 40.4. The minimum absolute atomic E-state index is 0.0786. The number of halogens is 1. The standard InChI is InChI=1S/C26H26ClN3O5/c1-26(2,3)35-25(34)28-15-16-7-6-9-17(11-16)21-13-19(27)14-22(29-21)24(33)30-20-10-5-4-8-18(20)12-23(31)32/h4-11,13-14H,12,15H2,1-3H3,(H,28,34)(H,30,33)(H,31,32). The van der Waals surface area contributed by atoms with Crippen molar-refractivity contribution in [2.45, 2.75) is 39.3 Å². The lowest BCUT2D eigenvalue weighted by Gasteiger charge is -2.19. The number of amides is 2. The minimum Gasteiger partial charge on any atom is -0.481 e. The zero-order valence-electron chi connectivity index (χ0n) is 19.6. The predicted molar refractivity (Wildman–Crippen MR) is 133 cm³/mol. The smallest absolute Gasteiger partial charge is 0.407 e. The maximum atomic E-state index is 12.9. The van der Waals surface area contributed by atoms with Gasteiger partial charge in [-0.3, -0.25) is 9.59 Å². The molecule has 0 fully saturated rings. The summed E-state index contributed by atoms with van der Waals surface area (Å²) < 4.78 is 5.25. The van der Waals surface area contributed by atoms with Crippen molar-refractivity contribution in [2.24, 2.45) is 0 Å². The molecule has 8 nitrogen and oxygen atoms in total. The van der Waals surface area contributed by atoms with Crippen molar-refractivity contribution in [3.8, 4) is 11.3 Å². The topological polar surface area (TPSA) is 118 Å². The molecule has 0 aliphatic heterocycles. The van der Waals surface area contributed by atoms with Crippen LogP contribution in [0.4, 0.5) is 10.5 Å². The summed E-state index contributed by atoms with van der Waals surface area (Å²) in [6.07, 6.45) is -0.750. The van der Waals surface area contributed by atoms with Gasteiger partial charge in [-0.15, -0.1) is 0 Å². The second-order valence-electron chi connectivity index (χ2n) is 8.79. The first kappa shape index (κ1) is 25.7. The van der Waals surface area contributed by atoms with E-state index in [0.717, 1.165) is 5.56 Å². The summed E-state index contributed by atoms with van der Waals surface area (Å²) in [5, 5.41) is 14.8. The lowest BCUT2D eigenvalue weighted by atomic mass is 10.1. The summed E-state index contributed by atoms with van der Waals surface area (Å²) in [5.74, 6) is -1.52. The number of aromatic nitrogens is 1. The van der Waals surface area contributed by atoms with Gasteiger partial charge < -0.3 is 20.5 Å². The number of carbonyl (C=O) groups excluding carboxylic acids is 2. The molecule has 9 heteroatoms. The third-order valence-electron chi connectivity index (χ3n) is 4.69. The van der Waals surface area contributed by atoms with Gasteiger partial charge in [0.2, 0.25) is 0 Å². The third kappa shape index (κ3) is 7.82. The van der Waals surface area contributed by atoms with Crippen LogP contribution in [0, 0.1) is 0 Å². The van der Waals surface area contributed by atoms with Crippen molar-refractivity contribution in [1.82, 2.24) is 10.3 Å². The molecule has 3 rings (SSSR count). The second-order valence-corrected chi connectivity index (χ2v) is 9.23. The molecule has 0 saturated heterocycles. The van der Waals surface area contributed by atoms with Gasteiger partial charge in [-0.05, 0) is 56.2 Å². The Kier molecular flexibility index (Phi) is 8.09. The van der Waals surface area contributed by atoms with Crippen LogP contribution in [0.1, 0.15) is 42.4 Å². The number of aliphatic carboxylic acids is 1. The summed E-state index contributed by atoms with van der Waals surface area (Å²) in [6, 6.07) is 17.1. The minimum atomic E-state index is -1.00. The van der Waals surface area contributed by atoms with Crippen molar-refractivity contribution >= 4 is 35.3 Å². The van der Waals surface area contributed by atoms with E-state index in [-0.39, 0.29) is 18.7 Å². The van der Waals surface area contributed by atoms with Crippen LogP contribution in [0.2, 0.25) is 5.02 Å². The van der Waals surface area contributed by atoms with Crippen molar-refractivity contribution in [3.05, 3.63) is 82.5 Å². The normalized spacial score (nSPS) is 11.0. The lowest BCUT2D eigenvalue weighted by molar-refractivity contribution is -0.136. The molecule has 2 amide bonds. The third-order valence-corrected chi connectivity index (χ3v) is 4.91. The average Bonchev–Trinajstić information content (AvgIpc) is 2.77. The number of ether oxygens (including phenoxy) is 1. The number of hydrogen-bond donors (Lipinski definition) is 3. The zero-order valence-corrected chi connectivity index (χ0v) is 20.3. The van der Waals surface area contributed by atoms with Crippen LogP contribution >= 0.6 is 11.6 Å². The summed E-state index contributed by atoms with van der Waals surface area (Å²) in [6.45, 7) is 5.61. The number of rotatable bonds is 7. The first-order valence-electron chi connectivity index (χ1n) is 10.8. The van der Waals surface area contributed by atoms with E-state index in [1.54, 1.807) is 51.1 Å². The number of carboxylic acids is 1. The number of carboxylic acid groups (broad SMARTS) is 1. The fourth-order valence-electron chi connectivity index (χ4n) is 3.24. The largest absolute Gasteiger partial charge is 0.481 e. The van der Waals surface area contributed by atoms with Gasteiger partial charge in [-0.25, -0.2) is 9.78 Å². The van der Waals surface area contributed by atoms with Crippen molar-refractivity contribution in [2.75, 3.05) is 5.32 Å². The van der Waals surface area contributed by atoms with Gasteiger partial charge in [-0.2, -0.15) is 0 Å². The Morgan fingerprint density at radius 1 is 1.03 bits per heavy atom. The SMILES string of the molecule is CC(C)(C)OC(=O)NCc1cccc(-c2cc(Cl)cc(C(=O)Nc3ccccc3CC(=O)O)n2)c1. The first-order chi connectivity index (χ1) is 16.5. The monoisotopic (exact) mass is 495 g/mol. The van der Waals surface area contributed by atoms with Gasteiger partial charge in [0.1, 0.15) is 11.3 Å². The molecule has 0 aliphatic rings. The van der Waals surface area contributed by atoms with E-state index < -0.39 is 23.6 Å². The molecule has 0 spiro atoms. The molecule has 0 unspecified atom stereocenters. The fourth-order valence-corrected chi connectivity index (χ4v) is 3.44. The van der Waals surface area contributed by atoms with Gasteiger partial charge in [0.05, 0.1) is 12.1 Å². The number of para-hydroxylation sites is 1. The van der Waals surface area contributed by atoms with Gasteiger partial charge in [-0.1, -0.05) is 48.0 Å². The maximum Gasteiger partial charge on any atom is 0.407 e. The molecule has 3 N–H and O–H groups in total. The van der Waals surface area contributed by atoms with Crippen LogP contribution in [0.25, 0.3) is 11.3 Å². The van der Waals surface area contributed by atoms with Crippen molar-refractivity contribution in [3.63, 3.8) is 0 Å². The fraction of sp³-hybridized carbons (Fsp3) is 0.231. The molecule has 3 aromatic rings. The van der Waals surface area contributed by atoms with Crippen molar-refractivity contribution in [1.29, 1.82) is 0 Å². The molecule has 35 heavy (non-hydrogen) atoms. The van der Waals surface area contributed by atoms with Crippen LogP contribution in [-0.4, -0.2) is 33.7 Å². The molecule has 0 radical (unpaired) electrons. The van der Waals surface area contributed by atoms with Crippen LogP contribution < -0.4 is 10.6 Å². The van der Waals surface area contributed by atoms with E-state index in [1.165, 1.54) is 6.07 Å². The highest BCUT2D eigenvalue weighted by Crippen LogP contribution is 2.24. The lowest BCUT2D eigenvalue weighted by Crippen LogP contribution is -2.32. The van der Waals surface area contributed by atoms with Crippen molar-refractivity contribution < 1.29 is 24.2 Å². The molecule has 1 heterocycles. The molecule has 1 aromatic heterocycles. The number of benzene rings is 2. The van der Waals surface area contributed by atoms with E-state index in [0.29, 0.717) is 27.5 Å². The Bertz CT molecular complexity index is 1250. The summed E-state index contributed by atoms with van der Waals surface area (Å²) >= 11 is 6.28. The Morgan fingerprint density at radius 2 is 1.77 bits per heavy atom. The predicted octanol–water partition coefficient (Wildman–Crippen LogP) is 5.31. The van der Waals surface area contributed by atoms with Crippen LogP contribution in [0.5, 0.6) is 0 Å². The Balaban J connectivity index is 1.79. The highest BCUT2D eigenvalue weighted by Gasteiger charge is 2.17. The van der Waals surface area contributed by atoms with Gasteiger partial charge >= 0.3 is 12.1 Å². The van der Waals surface area contributed by atoms with Gasteiger partial charge in [0, 0.05) is 22.8 Å². The number of carbonyl (C=O) groups is 3. The van der Waals surface area contributed by atoms with E-state index in [1.807, 2.05) is 24.3 Å². The highest BCUT2D eigenvalue weighted by atomic mass is 35.5. The molecular weight excluding hydrogens is 470 g/mol.